The molecule has 1 aromatic carbocycles. The first-order valence-electron chi connectivity index (χ1n) is 6.23. The average molecular weight is 262 g/mol. The summed E-state index contributed by atoms with van der Waals surface area (Å²) in [5.41, 5.74) is 1.31. The maximum absolute atomic E-state index is 8.90. The van der Waals surface area contributed by atoms with Crippen molar-refractivity contribution in [1.29, 1.82) is 5.26 Å². The largest absolute Gasteiger partial charge is 0.361 e. The molecule has 0 aliphatic carbocycles. The molecule has 2 unspecified atom stereocenters. The first kappa shape index (κ1) is 13.4. The predicted molar refractivity (Wildman–Crippen MR) is 74.8 cm³/mol. The number of hydrogen-bond acceptors (Lipinski definition) is 4. The van der Waals surface area contributed by atoms with Crippen LogP contribution in [0.4, 0.5) is 0 Å². The van der Waals surface area contributed by atoms with Gasteiger partial charge in [-0.05, 0) is 11.3 Å². The van der Waals surface area contributed by atoms with E-state index in [1.807, 2.05) is 6.07 Å². The van der Waals surface area contributed by atoms with Gasteiger partial charge in [-0.15, -0.1) is 0 Å². The molecule has 0 amide bonds. The molecular formula is C14H18N2OS. The molecule has 0 radical (unpaired) electrons. The van der Waals surface area contributed by atoms with E-state index in [0.717, 1.165) is 18.8 Å². The second-order valence-corrected chi connectivity index (χ2v) is 4.90. The van der Waals surface area contributed by atoms with Crippen LogP contribution in [0.3, 0.4) is 0 Å². The summed E-state index contributed by atoms with van der Waals surface area (Å²) in [6, 6.07) is 12.6. The molecule has 1 aromatic rings. The zero-order valence-corrected chi connectivity index (χ0v) is 11.2. The number of nitriles is 1. The van der Waals surface area contributed by atoms with Crippen molar-refractivity contribution in [2.24, 2.45) is 0 Å². The fourth-order valence-electron chi connectivity index (χ4n) is 2.25. The van der Waals surface area contributed by atoms with Gasteiger partial charge in [0.2, 0.25) is 0 Å². The summed E-state index contributed by atoms with van der Waals surface area (Å²) in [6.45, 7) is 3.18. The highest BCUT2D eigenvalue weighted by Crippen LogP contribution is 2.19. The van der Waals surface area contributed by atoms with E-state index in [1.165, 1.54) is 5.56 Å². The molecule has 1 aliphatic heterocycles. The van der Waals surface area contributed by atoms with E-state index >= 15 is 0 Å². The Labute approximate surface area is 114 Å². The Hall–Kier alpha value is -1.02. The Morgan fingerprint density at radius 1 is 1.44 bits per heavy atom. The maximum Gasteiger partial charge on any atom is 0.156 e. The van der Waals surface area contributed by atoms with Gasteiger partial charge in [0.25, 0.3) is 0 Å². The van der Waals surface area contributed by atoms with Gasteiger partial charge in [0.15, 0.2) is 6.10 Å². The van der Waals surface area contributed by atoms with Crippen LogP contribution >= 0.6 is 12.6 Å². The number of morpholine rings is 1. The van der Waals surface area contributed by atoms with Crippen LogP contribution in [0.25, 0.3) is 0 Å². The number of rotatable bonds is 4. The lowest BCUT2D eigenvalue weighted by atomic mass is 10.00. The summed E-state index contributed by atoms with van der Waals surface area (Å²) < 4.78 is 5.36. The van der Waals surface area contributed by atoms with E-state index in [-0.39, 0.29) is 6.10 Å². The highest BCUT2D eigenvalue weighted by Gasteiger charge is 2.22. The van der Waals surface area contributed by atoms with Crippen molar-refractivity contribution in [3.05, 3.63) is 35.9 Å². The van der Waals surface area contributed by atoms with Crippen molar-refractivity contribution in [3.63, 3.8) is 0 Å². The van der Waals surface area contributed by atoms with Gasteiger partial charge in [-0.3, -0.25) is 4.90 Å². The first-order chi connectivity index (χ1) is 8.83. The van der Waals surface area contributed by atoms with Crippen LogP contribution in [0.1, 0.15) is 11.5 Å². The number of nitrogens with zero attached hydrogens (tertiary/aromatic N) is 2. The molecule has 96 valence electrons. The van der Waals surface area contributed by atoms with Gasteiger partial charge >= 0.3 is 0 Å². The quantitative estimate of drug-likeness (QED) is 0.842. The summed E-state index contributed by atoms with van der Waals surface area (Å²) in [6.07, 6.45) is -0.282. The molecule has 0 aromatic heterocycles. The average Bonchev–Trinajstić information content (AvgIpc) is 2.46. The Kier molecular flexibility index (Phi) is 5.06. The summed E-state index contributed by atoms with van der Waals surface area (Å²) in [5, 5.41) is 8.90. The lowest BCUT2D eigenvalue weighted by molar-refractivity contribution is -0.000937. The van der Waals surface area contributed by atoms with Crippen LogP contribution < -0.4 is 0 Å². The van der Waals surface area contributed by atoms with Gasteiger partial charge < -0.3 is 4.74 Å². The summed E-state index contributed by atoms with van der Waals surface area (Å²) in [4.78, 5) is 2.30. The summed E-state index contributed by atoms with van der Waals surface area (Å²) >= 11 is 4.45. The molecule has 1 fully saturated rings. The summed E-state index contributed by atoms with van der Waals surface area (Å²) in [5.74, 6) is 1.23. The van der Waals surface area contributed by atoms with E-state index in [9.17, 15) is 0 Å². The number of hydrogen-bond donors (Lipinski definition) is 1. The van der Waals surface area contributed by atoms with Crippen LogP contribution in [-0.2, 0) is 4.74 Å². The smallest absolute Gasteiger partial charge is 0.156 e. The van der Waals surface area contributed by atoms with Crippen LogP contribution in [0.5, 0.6) is 0 Å². The Morgan fingerprint density at radius 2 is 2.22 bits per heavy atom. The minimum atomic E-state index is -0.282. The van der Waals surface area contributed by atoms with E-state index in [1.54, 1.807) is 0 Å². The number of thiol groups is 1. The van der Waals surface area contributed by atoms with E-state index in [2.05, 4.69) is 47.9 Å². The Morgan fingerprint density at radius 3 is 2.89 bits per heavy atom. The Balaban J connectivity index is 1.96. The van der Waals surface area contributed by atoms with Gasteiger partial charge in [0.1, 0.15) is 0 Å². The van der Waals surface area contributed by atoms with Crippen molar-refractivity contribution in [2.75, 3.05) is 32.0 Å². The molecule has 1 saturated heterocycles. The SMILES string of the molecule is N#CC1CN(CC(CS)c2ccccc2)CCO1. The van der Waals surface area contributed by atoms with Gasteiger partial charge in [-0.2, -0.15) is 17.9 Å². The zero-order valence-electron chi connectivity index (χ0n) is 10.3. The van der Waals surface area contributed by atoms with Gasteiger partial charge in [0.05, 0.1) is 12.7 Å². The van der Waals surface area contributed by atoms with Crippen molar-refractivity contribution >= 4 is 12.6 Å². The van der Waals surface area contributed by atoms with E-state index in [4.69, 9.17) is 10.00 Å². The molecule has 2 rings (SSSR count). The van der Waals surface area contributed by atoms with Gasteiger partial charge in [0, 0.05) is 25.6 Å². The molecule has 0 bridgehead atoms. The van der Waals surface area contributed by atoms with Crippen molar-refractivity contribution in [3.8, 4) is 6.07 Å². The standard InChI is InChI=1S/C14H18N2OS/c15-8-14-10-16(6-7-17-14)9-13(11-18)12-4-2-1-3-5-12/h1-5,13-14,18H,6-7,9-11H2. The van der Waals surface area contributed by atoms with Gasteiger partial charge in [-0.1, -0.05) is 30.3 Å². The first-order valence-corrected chi connectivity index (χ1v) is 6.86. The molecule has 1 heterocycles. The van der Waals surface area contributed by atoms with Crippen LogP contribution in [-0.4, -0.2) is 43.0 Å². The lowest BCUT2D eigenvalue weighted by Gasteiger charge is -2.32. The molecule has 2 atom stereocenters. The molecular weight excluding hydrogens is 244 g/mol. The summed E-state index contributed by atoms with van der Waals surface area (Å²) in [7, 11) is 0. The number of benzene rings is 1. The van der Waals surface area contributed by atoms with E-state index in [0.29, 0.717) is 19.1 Å². The minimum absolute atomic E-state index is 0.282. The second kappa shape index (κ2) is 6.79. The fraction of sp³-hybridized carbons (Fsp3) is 0.500. The van der Waals surface area contributed by atoms with Gasteiger partial charge in [-0.25, -0.2) is 0 Å². The molecule has 1 aliphatic rings. The highest BCUT2D eigenvalue weighted by molar-refractivity contribution is 7.80. The molecule has 0 saturated carbocycles. The fourth-order valence-corrected chi connectivity index (χ4v) is 2.58. The normalized spacial score (nSPS) is 22.3. The molecule has 4 heteroatoms. The Bertz CT molecular complexity index is 404. The third-order valence-electron chi connectivity index (χ3n) is 3.26. The minimum Gasteiger partial charge on any atom is -0.361 e. The highest BCUT2D eigenvalue weighted by atomic mass is 32.1. The molecule has 0 N–H and O–H groups in total. The second-order valence-electron chi connectivity index (χ2n) is 4.54. The zero-order chi connectivity index (χ0) is 12.8. The number of ether oxygens (including phenoxy) is 1. The van der Waals surface area contributed by atoms with Crippen LogP contribution in [0.2, 0.25) is 0 Å². The molecule has 0 spiro atoms. The van der Waals surface area contributed by atoms with Crippen molar-refractivity contribution in [2.45, 2.75) is 12.0 Å². The monoisotopic (exact) mass is 262 g/mol. The topological polar surface area (TPSA) is 36.3 Å². The van der Waals surface area contributed by atoms with Crippen LogP contribution in [0.15, 0.2) is 30.3 Å². The lowest BCUT2D eigenvalue weighted by Crippen LogP contribution is -2.43. The predicted octanol–water partition coefficient (Wildman–Crippen LogP) is 1.92. The third-order valence-corrected chi connectivity index (χ3v) is 3.71. The molecule has 18 heavy (non-hydrogen) atoms. The molecule has 3 nitrogen and oxygen atoms in total. The van der Waals surface area contributed by atoms with Crippen LogP contribution in [0, 0.1) is 11.3 Å². The van der Waals surface area contributed by atoms with Crippen molar-refractivity contribution < 1.29 is 4.74 Å². The third kappa shape index (κ3) is 3.49. The maximum atomic E-state index is 8.90. The van der Waals surface area contributed by atoms with Crippen molar-refractivity contribution in [1.82, 2.24) is 4.90 Å². The van der Waals surface area contributed by atoms with E-state index < -0.39 is 0 Å².